The molecule has 144 valence electrons. The Morgan fingerprint density at radius 1 is 1.21 bits per heavy atom. The molecule has 2 aromatic carbocycles. The number of anilines is 1. The van der Waals surface area contributed by atoms with E-state index in [1.807, 2.05) is 43.3 Å². The molecule has 3 rings (SSSR count). The van der Waals surface area contributed by atoms with E-state index in [0.717, 1.165) is 11.1 Å². The number of carbonyl (C=O) groups excluding carboxylic acids is 1. The largest absolute Gasteiger partial charge is 0.300 e. The van der Waals surface area contributed by atoms with Gasteiger partial charge in [-0.1, -0.05) is 72.5 Å². The van der Waals surface area contributed by atoms with E-state index in [-0.39, 0.29) is 17.5 Å². The van der Waals surface area contributed by atoms with Crippen LogP contribution in [0.3, 0.4) is 0 Å². The molecule has 1 N–H and O–H groups in total. The lowest BCUT2D eigenvalue weighted by Crippen LogP contribution is -2.20. The van der Waals surface area contributed by atoms with Crippen LogP contribution in [0.4, 0.5) is 10.8 Å². The Hall–Kier alpha value is -2.78. The molecule has 0 fully saturated rings. The lowest BCUT2D eigenvalue weighted by Gasteiger charge is -2.13. The molecule has 28 heavy (non-hydrogen) atoms. The van der Waals surface area contributed by atoms with Crippen molar-refractivity contribution < 1.29 is 9.72 Å². The number of nitrogens with one attached hydrogen (secondary N) is 1. The predicted octanol–water partition coefficient (Wildman–Crippen LogP) is 4.87. The summed E-state index contributed by atoms with van der Waals surface area (Å²) >= 11 is 2.71. The average molecular weight is 415 g/mol. The van der Waals surface area contributed by atoms with Gasteiger partial charge in [0.2, 0.25) is 11.0 Å². The molecule has 3 aromatic rings. The second-order valence-corrected chi connectivity index (χ2v) is 8.15. The Bertz CT molecular complexity index is 963. The van der Waals surface area contributed by atoms with Crippen molar-refractivity contribution in [2.24, 2.45) is 0 Å². The number of aromatic nitrogens is 2. The van der Waals surface area contributed by atoms with Crippen molar-refractivity contribution in [3.63, 3.8) is 0 Å². The SMILES string of the molecule is CC[C@@H](C(=O)Nc1nnc(SCc2cccc([N+](=O)[O-])c2)s1)c1ccccc1. The Labute approximate surface area is 170 Å². The Morgan fingerprint density at radius 2 is 2.00 bits per heavy atom. The molecule has 0 bridgehead atoms. The Kier molecular flexibility index (Phi) is 6.72. The van der Waals surface area contributed by atoms with Crippen LogP contribution in [0.1, 0.15) is 30.4 Å². The van der Waals surface area contributed by atoms with Crippen LogP contribution >= 0.6 is 23.1 Å². The number of non-ortho nitro benzene ring substituents is 1. The van der Waals surface area contributed by atoms with Gasteiger partial charge in [0.15, 0.2) is 4.34 Å². The second kappa shape index (κ2) is 9.43. The number of hydrogen-bond acceptors (Lipinski definition) is 7. The highest BCUT2D eigenvalue weighted by Crippen LogP contribution is 2.30. The van der Waals surface area contributed by atoms with E-state index in [2.05, 4.69) is 15.5 Å². The van der Waals surface area contributed by atoms with Crippen molar-refractivity contribution in [3.05, 3.63) is 75.8 Å². The zero-order valence-electron chi connectivity index (χ0n) is 15.1. The monoisotopic (exact) mass is 414 g/mol. The van der Waals surface area contributed by atoms with Gasteiger partial charge in [0.1, 0.15) is 0 Å². The van der Waals surface area contributed by atoms with E-state index in [1.54, 1.807) is 12.1 Å². The lowest BCUT2D eigenvalue weighted by molar-refractivity contribution is -0.384. The van der Waals surface area contributed by atoms with Crippen molar-refractivity contribution in [1.29, 1.82) is 0 Å². The summed E-state index contributed by atoms with van der Waals surface area (Å²) in [6.45, 7) is 1.97. The Balaban J connectivity index is 1.60. The summed E-state index contributed by atoms with van der Waals surface area (Å²) in [5.41, 5.74) is 1.86. The summed E-state index contributed by atoms with van der Waals surface area (Å²) in [5, 5.41) is 22.3. The summed E-state index contributed by atoms with van der Waals surface area (Å²) in [6.07, 6.45) is 0.684. The van der Waals surface area contributed by atoms with E-state index in [4.69, 9.17) is 0 Å². The van der Waals surface area contributed by atoms with Gasteiger partial charge in [-0.2, -0.15) is 0 Å². The van der Waals surface area contributed by atoms with E-state index in [0.29, 0.717) is 21.6 Å². The average Bonchev–Trinajstić information content (AvgIpc) is 3.15. The number of carbonyl (C=O) groups is 1. The van der Waals surface area contributed by atoms with Crippen LogP contribution < -0.4 is 5.32 Å². The number of amides is 1. The minimum atomic E-state index is -0.413. The quantitative estimate of drug-likeness (QED) is 0.244. The van der Waals surface area contributed by atoms with Crippen LogP contribution in [0.15, 0.2) is 58.9 Å². The summed E-state index contributed by atoms with van der Waals surface area (Å²) in [4.78, 5) is 23.0. The molecule has 0 unspecified atom stereocenters. The van der Waals surface area contributed by atoms with E-state index in [1.165, 1.54) is 29.2 Å². The zero-order valence-corrected chi connectivity index (χ0v) is 16.7. The Morgan fingerprint density at radius 3 is 2.71 bits per heavy atom. The van der Waals surface area contributed by atoms with Gasteiger partial charge in [-0.05, 0) is 17.5 Å². The van der Waals surface area contributed by atoms with Crippen LogP contribution in [0.25, 0.3) is 0 Å². The van der Waals surface area contributed by atoms with Crippen molar-refractivity contribution >= 4 is 39.8 Å². The molecule has 1 amide bonds. The normalized spacial score (nSPS) is 11.8. The summed E-state index contributed by atoms with van der Waals surface area (Å²) < 4.78 is 0.689. The van der Waals surface area contributed by atoms with Gasteiger partial charge in [-0.15, -0.1) is 10.2 Å². The van der Waals surface area contributed by atoms with Gasteiger partial charge in [-0.25, -0.2) is 0 Å². The maximum atomic E-state index is 12.6. The molecular formula is C19H18N4O3S2. The number of nitrogens with zero attached hydrogens (tertiary/aromatic N) is 3. The van der Waals surface area contributed by atoms with Crippen molar-refractivity contribution in [2.45, 2.75) is 29.4 Å². The molecule has 1 atom stereocenters. The molecule has 1 aromatic heterocycles. The topological polar surface area (TPSA) is 98.0 Å². The van der Waals surface area contributed by atoms with Gasteiger partial charge in [0.25, 0.3) is 5.69 Å². The molecule has 0 aliphatic heterocycles. The second-order valence-electron chi connectivity index (χ2n) is 5.95. The van der Waals surface area contributed by atoms with E-state index >= 15 is 0 Å². The molecular weight excluding hydrogens is 396 g/mol. The molecule has 0 radical (unpaired) electrons. The van der Waals surface area contributed by atoms with Gasteiger partial charge in [-0.3, -0.25) is 20.2 Å². The fraction of sp³-hybridized carbons (Fsp3) is 0.211. The summed E-state index contributed by atoms with van der Waals surface area (Å²) in [7, 11) is 0. The summed E-state index contributed by atoms with van der Waals surface area (Å²) in [6, 6.07) is 16.1. The molecule has 0 saturated heterocycles. The fourth-order valence-corrected chi connectivity index (χ4v) is 4.37. The highest BCUT2D eigenvalue weighted by Gasteiger charge is 2.20. The minimum Gasteiger partial charge on any atom is -0.300 e. The van der Waals surface area contributed by atoms with Gasteiger partial charge >= 0.3 is 0 Å². The standard InChI is InChI=1S/C19H18N4O3S2/c1-2-16(14-8-4-3-5-9-14)17(24)20-18-21-22-19(28-18)27-12-13-7-6-10-15(11-13)23(25)26/h3-11,16H,2,12H2,1H3,(H,20,21,24)/t16-/m1/s1. The number of thioether (sulfide) groups is 1. The molecule has 1 heterocycles. The number of rotatable bonds is 8. The maximum Gasteiger partial charge on any atom is 0.269 e. The van der Waals surface area contributed by atoms with Crippen molar-refractivity contribution in [2.75, 3.05) is 5.32 Å². The van der Waals surface area contributed by atoms with E-state index < -0.39 is 4.92 Å². The van der Waals surface area contributed by atoms with Gasteiger partial charge in [0, 0.05) is 17.9 Å². The highest BCUT2D eigenvalue weighted by atomic mass is 32.2. The van der Waals surface area contributed by atoms with Gasteiger partial charge < -0.3 is 0 Å². The van der Waals surface area contributed by atoms with Crippen molar-refractivity contribution in [1.82, 2.24) is 10.2 Å². The fourth-order valence-electron chi connectivity index (χ4n) is 2.67. The van der Waals surface area contributed by atoms with Crippen LogP contribution in [0, 0.1) is 10.1 Å². The van der Waals surface area contributed by atoms with Crippen molar-refractivity contribution in [3.8, 4) is 0 Å². The minimum absolute atomic E-state index is 0.0647. The molecule has 0 aliphatic carbocycles. The highest BCUT2D eigenvalue weighted by molar-refractivity contribution is 8.00. The predicted molar refractivity (Wildman–Crippen MR) is 111 cm³/mol. The zero-order chi connectivity index (χ0) is 19.9. The molecule has 9 heteroatoms. The first-order chi connectivity index (χ1) is 13.6. The number of benzene rings is 2. The summed E-state index contributed by atoms with van der Waals surface area (Å²) in [5.74, 6) is 0.178. The number of nitro groups is 1. The molecule has 0 spiro atoms. The molecule has 7 nitrogen and oxygen atoms in total. The van der Waals surface area contributed by atoms with Gasteiger partial charge in [0.05, 0.1) is 10.8 Å². The number of hydrogen-bond donors (Lipinski definition) is 1. The smallest absolute Gasteiger partial charge is 0.269 e. The first kappa shape index (κ1) is 20.0. The molecule has 0 saturated carbocycles. The third-order valence-electron chi connectivity index (χ3n) is 4.05. The maximum absolute atomic E-state index is 12.6. The first-order valence-corrected chi connectivity index (χ1v) is 10.4. The number of nitro benzene ring substituents is 1. The van der Waals surface area contributed by atoms with Crippen LogP contribution in [0.5, 0.6) is 0 Å². The van der Waals surface area contributed by atoms with E-state index in [9.17, 15) is 14.9 Å². The molecule has 0 aliphatic rings. The van der Waals surface area contributed by atoms with Crippen LogP contribution in [0.2, 0.25) is 0 Å². The first-order valence-electron chi connectivity index (χ1n) is 8.62. The van der Waals surface area contributed by atoms with Crippen LogP contribution in [-0.4, -0.2) is 21.0 Å². The lowest BCUT2D eigenvalue weighted by atomic mass is 9.96. The third-order valence-corrected chi connectivity index (χ3v) is 6.09. The third kappa shape index (κ3) is 5.14. The van der Waals surface area contributed by atoms with Crippen LogP contribution in [-0.2, 0) is 10.5 Å².